The van der Waals surface area contributed by atoms with Gasteiger partial charge in [-0.05, 0) is 37.3 Å². The number of nitrogens with one attached hydrogen (secondary N) is 1. The van der Waals surface area contributed by atoms with E-state index in [9.17, 15) is 9.18 Å². The summed E-state index contributed by atoms with van der Waals surface area (Å²) in [4.78, 5) is 11.9. The number of carbonyl (C=O) groups is 1. The van der Waals surface area contributed by atoms with Gasteiger partial charge in [0.1, 0.15) is 12.4 Å². The fraction of sp³-hybridized carbons (Fsp3) is 0.400. The van der Waals surface area contributed by atoms with Gasteiger partial charge in [-0.15, -0.1) is 0 Å². The topological polar surface area (TPSA) is 49.3 Å². The van der Waals surface area contributed by atoms with E-state index in [2.05, 4.69) is 17.2 Å². The molecule has 0 radical (unpaired) electrons. The largest absolute Gasteiger partial charge is 0.384 e. The second-order valence-electron chi connectivity index (χ2n) is 4.72. The van der Waals surface area contributed by atoms with Crippen LogP contribution in [0.5, 0.6) is 0 Å². The Bertz CT molecular complexity index is 573. The van der Waals surface area contributed by atoms with Crippen LogP contribution >= 0.6 is 11.8 Å². The summed E-state index contributed by atoms with van der Waals surface area (Å²) < 4.78 is 13.9. The van der Waals surface area contributed by atoms with Crippen LogP contribution in [-0.4, -0.2) is 35.2 Å². The van der Waals surface area contributed by atoms with Gasteiger partial charge >= 0.3 is 0 Å². The van der Waals surface area contributed by atoms with Crippen molar-refractivity contribution in [2.45, 2.75) is 17.6 Å². The monoisotopic (exact) mass is 293 g/mol. The van der Waals surface area contributed by atoms with Gasteiger partial charge in [0, 0.05) is 16.9 Å². The Labute approximate surface area is 122 Å². The average Bonchev–Trinajstić information content (AvgIpc) is 3.24. The van der Waals surface area contributed by atoms with E-state index in [1.54, 1.807) is 17.8 Å². The van der Waals surface area contributed by atoms with E-state index in [-0.39, 0.29) is 28.4 Å². The minimum Gasteiger partial charge on any atom is -0.384 e. The van der Waals surface area contributed by atoms with E-state index in [1.165, 1.54) is 12.1 Å². The molecule has 0 heterocycles. The molecule has 1 aromatic carbocycles. The zero-order valence-corrected chi connectivity index (χ0v) is 12.0. The maximum absolute atomic E-state index is 13.7. The van der Waals surface area contributed by atoms with E-state index in [4.69, 9.17) is 5.11 Å². The molecule has 0 bridgehead atoms. The van der Waals surface area contributed by atoms with Crippen LogP contribution < -0.4 is 5.32 Å². The van der Waals surface area contributed by atoms with Crippen LogP contribution in [0.25, 0.3) is 0 Å². The highest BCUT2D eigenvalue weighted by Gasteiger charge is 2.41. The molecule has 2 N–H and O–H groups in total. The zero-order chi connectivity index (χ0) is 14.6. The van der Waals surface area contributed by atoms with Crippen molar-refractivity contribution >= 4 is 17.7 Å². The summed E-state index contributed by atoms with van der Waals surface area (Å²) in [6, 6.07) is 4.17. The summed E-state index contributed by atoms with van der Waals surface area (Å²) in [7, 11) is 0. The van der Waals surface area contributed by atoms with Gasteiger partial charge in [0.2, 0.25) is 0 Å². The van der Waals surface area contributed by atoms with Crippen LogP contribution in [0.2, 0.25) is 0 Å². The third kappa shape index (κ3) is 3.53. The number of aliphatic hydroxyl groups is 1. The number of hydrogen-bond donors (Lipinski definition) is 2. The number of rotatable bonds is 4. The molecule has 0 saturated heterocycles. The predicted octanol–water partition coefficient (Wildman–Crippen LogP) is 1.79. The number of carbonyl (C=O) groups excluding carboxylic acids is 1. The summed E-state index contributed by atoms with van der Waals surface area (Å²) in [5, 5.41) is 11.4. The SMILES string of the molecule is CSC1(CNC(=O)c2ccc(C#CCO)c(F)c2)CC1. The highest BCUT2D eigenvalue weighted by molar-refractivity contribution is 8.00. The molecular weight excluding hydrogens is 277 g/mol. The third-order valence-corrected chi connectivity index (χ3v) is 4.76. The van der Waals surface area contributed by atoms with Gasteiger partial charge in [-0.1, -0.05) is 11.8 Å². The molecule has 3 nitrogen and oxygen atoms in total. The van der Waals surface area contributed by atoms with Crippen molar-refractivity contribution in [1.82, 2.24) is 5.32 Å². The first-order valence-corrected chi connectivity index (χ1v) is 7.55. The molecule has 0 aromatic heterocycles. The molecule has 0 unspecified atom stereocenters. The lowest BCUT2D eigenvalue weighted by atomic mass is 10.1. The number of hydrogen-bond acceptors (Lipinski definition) is 3. The highest BCUT2D eigenvalue weighted by Crippen LogP contribution is 2.46. The van der Waals surface area contributed by atoms with E-state index < -0.39 is 5.82 Å². The smallest absolute Gasteiger partial charge is 0.251 e. The molecule has 0 atom stereocenters. The zero-order valence-electron chi connectivity index (χ0n) is 11.2. The van der Waals surface area contributed by atoms with Crippen LogP contribution in [-0.2, 0) is 0 Å². The van der Waals surface area contributed by atoms with E-state index in [1.807, 2.05) is 6.26 Å². The van der Waals surface area contributed by atoms with Crippen LogP contribution in [0, 0.1) is 17.7 Å². The molecule has 1 aliphatic carbocycles. The second kappa shape index (κ2) is 6.29. The summed E-state index contributed by atoms with van der Waals surface area (Å²) >= 11 is 1.76. The van der Waals surface area contributed by atoms with Gasteiger partial charge in [-0.2, -0.15) is 11.8 Å². The number of aliphatic hydroxyl groups excluding tert-OH is 1. The first-order chi connectivity index (χ1) is 9.60. The van der Waals surface area contributed by atoms with Gasteiger partial charge < -0.3 is 10.4 Å². The summed E-state index contributed by atoms with van der Waals surface area (Å²) in [6.45, 7) is 0.291. The number of benzene rings is 1. The first kappa shape index (κ1) is 14.9. The molecule has 5 heteroatoms. The quantitative estimate of drug-likeness (QED) is 0.832. The molecule has 1 aliphatic rings. The Kier molecular flexibility index (Phi) is 4.69. The van der Waals surface area contributed by atoms with E-state index >= 15 is 0 Å². The molecule has 0 spiro atoms. The van der Waals surface area contributed by atoms with Crippen LogP contribution in [0.4, 0.5) is 4.39 Å². The summed E-state index contributed by atoms with van der Waals surface area (Å²) in [6.07, 6.45) is 4.25. The fourth-order valence-corrected chi connectivity index (χ4v) is 2.56. The lowest BCUT2D eigenvalue weighted by Crippen LogP contribution is -2.31. The Morgan fingerprint density at radius 3 is 2.85 bits per heavy atom. The molecule has 106 valence electrons. The number of thioether (sulfide) groups is 1. The van der Waals surface area contributed by atoms with Crippen molar-refractivity contribution in [3.8, 4) is 11.8 Å². The average molecular weight is 293 g/mol. The summed E-state index contributed by atoms with van der Waals surface area (Å²) in [5.41, 5.74) is 0.465. The maximum Gasteiger partial charge on any atom is 0.251 e. The number of amides is 1. The Morgan fingerprint density at radius 1 is 1.55 bits per heavy atom. The lowest BCUT2D eigenvalue weighted by Gasteiger charge is -2.13. The van der Waals surface area contributed by atoms with Crippen molar-refractivity contribution in [3.05, 3.63) is 35.1 Å². The van der Waals surface area contributed by atoms with Crippen molar-refractivity contribution in [2.24, 2.45) is 0 Å². The minimum atomic E-state index is -0.551. The molecular formula is C15H16FNO2S. The normalized spacial score (nSPS) is 15.2. The molecule has 1 fully saturated rings. The van der Waals surface area contributed by atoms with Gasteiger partial charge in [0.15, 0.2) is 0 Å². The van der Waals surface area contributed by atoms with E-state index in [0.717, 1.165) is 12.8 Å². The number of halogens is 1. The second-order valence-corrected chi connectivity index (χ2v) is 6.00. The third-order valence-electron chi connectivity index (χ3n) is 3.35. The molecule has 1 saturated carbocycles. The Hall–Kier alpha value is -1.51. The lowest BCUT2D eigenvalue weighted by molar-refractivity contribution is 0.0952. The highest BCUT2D eigenvalue weighted by atomic mass is 32.2. The predicted molar refractivity (Wildman–Crippen MR) is 78.2 cm³/mol. The maximum atomic E-state index is 13.7. The minimum absolute atomic E-state index is 0.179. The Balaban J connectivity index is 2.01. The van der Waals surface area contributed by atoms with Crippen LogP contribution in [0.3, 0.4) is 0 Å². The van der Waals surface area contributed by atoms with Crippen molar-refractivity contribution < 1.29 is 14.3 Å². The fourth-order valence-electron chi connectivity index (χ4n) is 1.83. The first-order valence-electron chi connectivity index (χ1n) is 6.33. The molecule has 1 amide bonds. The molecule has 1 aromatic rings. The standard InChI is InChI=1S/C15H16FNO2S/c1-20-15(6-7-15)10-17-14(19)12-5-4-11(3-2-8-18)13(16)9-12/h4-5,9,18H,6-8,10H2,1H3,(H,17,19). The van der Waals surface area contributed by atoms with Crippen LogP contribution in [0.15, 0.2) is 18.2 Å². The van der Waals surface area contributed by atoms with Gasteiger partial charge in [0.25, 0.3) is 5.91 Å². The van der Waals surface area contributed by atoms with Crippen molar-refractivity contribution in [1.29, 1.82) is 0 Å². The van der Waals surface area contributed by atoms with Gasteiger partial charge in [0.05, 0.1) is 5.56 Å². The van der Waals surface area contributed by atoms with Gasteiger partial charge in [-0.3, -0.25) is 4.79 Å². The van der Waals surface area contributed by atoms with Crippen LogP contribution in [0.1, 0.15) is 28.8 Å². The van der Waals surface area contributed by atoms with Crippen molar-refractivity contribution in [3.63, 3.8) is 0 Å². The van der Waals surface area contributed by atoms with Crippen molar-refractivity contribution in [2.75, 3.05) is 19.4 Å². The molecule has 0 aliphatic heterocycles. The summed E-state index contributed by atoms with van der Waals surface area (Å²) in [5.74, 6) is 4.05. The van der Waals surface area contributed by atoms with E-state index in [0.29, 0.717) is 6.54 Å². The van der Waals surface area contributed by atoms with Gasteiger partial charge in [-0.25, -0.2) is 4.39 Å². The Morgan fingerprint density at radius 2 is 2.30 bits per heavy atom. The molecule has 20 heavy (non-hydrogen) atoms. The molecule has 2 rings (SSSR count).